The lowest BCUT2D eigenvalue weighted by molar-refractivity contribution is 0.0863. The van der Waals surface area contributed by atoms with E-state index in [1.165, 1.54) is 37.8 Å². The highest BCUT2D eigenvalue weighted by Gasteiger charge is 2.28. The Balaban J connectivity index is 2.07. The second-order valence-electron chi connectivity index (χ2n) is 5.47. The van der Waals surface area contributed by atoms with Crippen molar-refractivity contribution < 1.29 is 0 Å². The highest BCUT2D eigenvalue weighted by atomic mass is 15.2. The molecule has 18 heavy (non-hydrogen) atoms. The number of nitrogens with two attached hydrogens (primary N) is 1. The van der Waals surface area contributed by atoms with E-state index in [2.05, 4.69) is 49.1 Å². The van der Waals surface area contributed by atoms with E-state index in [1.807, 2.05) is 0 Å². The topological polar surface area (TPSA) is 29.3 Å². The summed E-state index contributed by atoms with van der Waals surface area (Å²) in [4.78, 5) is 2.63. The molecule has 0 bridgehead atoms. The molecular formula is C16H26N2. The zero-order valence-corrected chi connectivity index (χ0v) is 11.7. The van der Waals surface area contributed by atoms with Gasteiger partial charge in [0.05, 0.1) is 0 Å². The minimum absolute atomic E-state index is 0.123. The van der Waals surface area contributed by atoms with Gasteiger partial charge in [0.15, 0.2) is 0 Å². The SMILES string of the molecule is CCC1CCCCN1C(C)C(N)c1ccccc1. The van der Waals surface area contributed by atoms with Gasteiger partial charge in [-0.25, -0.2) is 0 Å². The summed E-state index contributed by atoms with van der Waals surface area (Å²) in [5.41, 5.74) is 7.70. The van der Waals surface area contributed by atoms with Gasteiger partial charge < -0.3 is 5.73 Å². The van der Waals surface area contributed by atoms with Crippen molar-refractivity contribution in [3.05, 3.63) is 35.9 Å². The van der Waals surface area contributed by atoms with Crippen molar-refractivity contribution in [2.45, 2.75) is 57.7 Å². The predicted molar refractivity (Wildman–Crippen MR) is 77.5 cm³/mol. The van der Waals surface area contributed by atoms with Crippen LogP contribution in [0.25, 0.3) is 0 Å². The fourth-order valence-corrected chi connectivity index (χ4v) is 3.16. The molecule has 1 aromatic rings. The van der Waals surface area contributed by atoms with E-state index < -0.39 is 0 Å². The number of hydrogen-bond acceptors (Lipinski definition) is 2. The highest BCUT2D eigenvalue weighted by molar-refractivity contribution is 5.20. The standard InChI is InChI=1S/C16H26N2/c1-3-15-11-7-8-12-18(15)13(2)16(17)14-9-5-4-6-10-14/h4-6,9-10,13,15-16H,3,7-8,11-12,17H2,1-2H3. The number of likely N-dealkylation sites (tertiary alicyclic amines) is 1. The molecule has 2 heteroatoms. The molecule has 0 aromatic heterocycles. The van der Waals surface area contributed by atoms with Gasteiger partial charge in [-0.3, -0.25) is 4.90 Å². The Morgan fingerprint density at radius 3 is 2.67 bits per heavy atom. The van der Waals surface area contributed by atoms with Gasteiger partial charge in [-0.2, -0.15) is 0 Å². The lowest BCUT2D eigenvalue weighted by atomic mass is 9.93. The maximum absolute atomic E-state index is 6.44. The van der Waals surface area contributed by atoms with Gasteiger partial charge in [0.1, 0.15) is 0 Å². The first-order chi connectivity index (χ1) is 8.74. The molecule has 0 amide bonds. The van der Waals surface area contributed by atoms with Gasteiger partial charge in [-0.1, -0.05) is 43.7 Å². The van der Waals surface area contributed by atoms with E-state index in [-0.39, 0.29) is 6.04 Å². The molecule has 2 N–H and O–H groups in total. The van der Waals surface area contributed by atoms with Crippen molar-refractivity contribution in [3.8, 4) is 0 Å². The highest BCUT2D eigenvalue weighted by Crippen LogP contribution is 2.27. The molecule has 1 heterocycles. The van der Waals surface area contributed by atoms with Crippen molar-refractivity contribution in [2.24, 2.45) is 5.73 Å². The van der Waals surface area contributed by atoms with Crippen molar-refractivity contribution >= 4 is 0 Å². The van der Waals surface area contributed by atoms with Crippen LogP contribution >= 0.6 is 0 Å². The van der Waals surface area contributed by atoms with E-state index in [4.69, 9.17) is 5.73 Å². The maximum atomic E-state index is 6.44. The van der Waals surface area contributed by atoms with Crippen molar-refractivity contribution in [3.63, 3.8) is 0 Å². The average molecular weight is 246 g/mol. The van der Waals surface area contributed by atoms with Gasteiger partial charge in [0.25, 0.3) is 0 Å². The summed E-state index contributed by atoms with van der Waals surface area (Å²) in [7, 11) is 0. The molecule has 2 rings (SSSR count). The molecule has 1 aliphatic heterocycles. The van der Waals surface area contributed by atoms with Crippen LogP contribution in [0.5, 0.6) is 0 Å². The van der Waals surface area contributed by atoms with Crippen LogP contribution in [0.2, 0.25) is 0 Å². The molecule has 0 saturated carbocycles. The third kappa shape index (κ3) is 2.93. The monoisotopic (exact) mass is 246 g/mol. The summed E-state index contributed by atoms with van der Waals surface area (Å²) in [5, 5.41) is 0. The molecule has 0 aliphatic carbocycles. The lowest BCUT2D eigenvalue weighted by Gasteiger charge is -2.42. The smallest absolute Gasteiger partial charge is 0.0450 e. The average Bonchev–Trinajstić information content (AvgIpc) is 2.46. The first kappa shape index (κ1) is 13.6. The molecule has 3 unspecified atom stereocenters. The van der Waals surface area contributed by atoms with Crippen LogP contribution in [-0.4, -0.2) is 23.5 Å². The molecule has 1 saturated heterocycles. The molecule has 1 aromatic carbocycles. The summed E-state index contributed by atoms with van der Waals surface area (Å²) < 4.78 is 0. The molecule has 0 radical (unpaired) electrons. The van der Waals surface area contributed by atoms with Crippen molar-refractivity contribution in [2.75, 3.05) is 6.54 Å². The summed E-state index contributed by atoms with van der Waals surface area (Å²) in [5.74, 6) is 0. The van der Waals surface area contributed by atoms with Gasteiger partial charge in [0, 0.05) is 18.1 Å². The minimum Gasteiger partial charge on any atom is -0.323 e. The first-order valence-electron chi connectivity index (χ1n) is 7.30. The second-order valence-corrected chi connectivity index (χ2v) is 5.47. The molecule has 0 spiro atoms. The van der Waals surface area contributed by atoms with Gasteiger partial charge in [0.2, 0.25) is 0 Å². The van der Waals surface area contributed by atoms with Gasteiger partial charge >= 0.3 is 0 Å². The Kier molecular flexibility index (Phi) is 4.79. The quantitative estimate of drug-likeness (QED) is 0.883. The summed E-state index contributed by atoms with van der Waals surface area (Å²) in [6, 6.07) is 11.8. The van der Waals surface area contributed by atoms with Crippen LogP contribution in [0.4, 0.5) is 0 Å². The van der Waals surface area contributed by atoms with E-state index in [9.17, 15) is 0 Å². The van der Waals surface area contributed by atoms with E-state index in [0.29, 0.717) is 6.04 Å². The fourth-order valence-electron chi connectivity index (χ4n) is 3.16. The molecule has 100 valence electrons. The Morgan fingerprint density at radius 2 is 2.00 bits per heavy atom. The number of rotatable bonds is 4. The van der Waals surface area contributed by atoms with Crippen LogP contribution in [-0.2, 0) is 0 Å². The minimum atomic E-state index is 0.123. The molecule has 1 aliphatic rings. The van der Waals surface area contributed by atoms with Crippen LogP contribution in [0.3, 0.4) is 0 Å². The zero-order chi connectivity index (χ0) is 13.0. The van der Waals surface area contributed by atoms with E-state index >= 15 is 0 Å². The second kappa shape index (κ2) is 6.35. The zero-order valence-electron chi connectivity index (χ0n) is 11.7. The fraction of sp³-hybridized carbons (Fsp3) is 0.625. The number of hydrogen-bond donors (Lipinski definition) is 1. The van der Waals surface area contributed by atoms with Crippen LogP contribution in [0, 0.1) is 0 Å². The predicted octanol–water partition coefficient (Wildman–Crippen LogP) is 3.34. The lowest BCUT2D eigenvalue weighted by Crippen LogP contribution is -2.48. The number of benzene rings is 1. The van der Waals surface area contributed by atoms with Crippen LogP contribution < -0.4 is 5.73 Å². The third-order valence-corrected chi connectivity index (χ3v) is 4.37. The maximum Gasteiger partial charge on any atom is 0.0450 e. The number of nitrogens with zero attached hydrogens (tertiary/aromatic N) is 1. The number of piperidine rings is 1. The third-order valence-electron chi connectivity index (χ3n) is 4.37. The summed E-state index contributed by atoms with van der Waals surface area (Å²) in [6.07, 6.45) is 5.28. The summed E-state index contributed by atoms with van der Waals surface area (Å²) >= 11 is 0. The normalized spacial score (nSPS) is 24.7. The van der Waals surface area contributed by atoms with Crippen molar-refractivity contribution in [1.82, 2.24) is 4.90 Å². The van der Waals surface area contributed by atoms with Crippen LogP contribution in [0.15, 0.2) is 30.3 Å². The Hall–Kier alpha value is -0.860. The van der Waals surface area contributed by atoms with Gasteiger partial charge in [-0.15, -0.1) is 0 Å². The van der Waals surface area contributed by atoms with Crippen LogP contribution in [0.1, 0.15) is 51.1 Å². The van der Waals surface area contributed by atoms with E-state index in [1.54, 1.807) is 0 Å². The molecule has 1 fully saturated rings. The Labute approximate surface area is 111 Å². The largest absolute Gasteiger partial charge is 0.323 e. The Morgan fingerprint density at radius 1 is 1.28 bits per heavy atom. The van der Waals surface area contributed by atoms with Gasteiger partial charge in [-0.05, 0) is 38.3 Å². The van der Waals surface area contributed by atoms with Crippen molar-refractivity contribution in [1.29, 1.82) is 0 Å². The first-order valence-corrected chi connectivity index (χ1v) is 7.30. The molecule has 2 nitrogen and oxygen atoms in total. The Bertz CT molecular complexity index is 349. The molecule has 3 atom stereocenters. The summed E-state index contributed by atoms with van der Waals surface area (Å²) in [6.45, 7) is 5.79. The van der Waals surface area contributed by atoms with E-state index in [0.717, 1.165) is 6.04 Å². The molecular weight excluding hydrogens is 220 g/mol.